The number of carboxylic acids is 1. The van der Waals surface area contributed by atoms with Gasteiger partial charge in [0.25, 0.3) is 0 Å². The van der Waals surface area contributed by atoms with Crippen molar-refractivity contribution >= 4 is 17.7 Å². The van der Waals surface area contributed by atoms with Crippen molar-refractivity contribution in [2.75, 3.05) is 0 Å². The Balaban J connectivity index is 2.69. The normalized spacial score (nSPS) is 13.4. The van der Waals surface area contributed by atoms with E-state index in [0.717, 1.165) is 5.75 Å². The molecule has 1 aromatic rings. The molecule has 0 aliphatic carbocycles. The molecule has 0 aliphatic rings. The molecular weight excluding hydrogens is 246 g/mol. The van der Waals surface area contributed by atoms with Crippen molar-refractivity contribution in [3.8, 4) is 0 Å². The van der Waals surface area contributed by atoms with Crippen molar-refractivity contribution < 1.29 is 9.90 Å². The number of thioether (sulfide) groups is 1. The third-order valence-electron chi connectivity index (χ3n) is 3.20. The monoisotopic (exact) mass is 267 g/mol. The molecule has 0 amide bonds. The molecule has 0 aromatic heterocycles. The summed E-state index contributed by atoms with van der Waals surface area (Å²) < 4.78 is -0.482. The highest BCUT2D eigenvalue weighted by atomic mass is 32.2. The summed E-state index contributed by atoms with van der Waals surface area (Å²) in [4.78, 5) is 10.9. The predicted octanol–water partition coefficient (Wildman–Crippen LogP) is 2.73. The maximum Gasteiger partial charge on any atom is 0.321 e. The summed E-state index contributed by atoms with van der Waals surface area (Å²) >= 11 is 1.58. The van der Waals surface area contributed by atoms with Crippen LogP contribution >= 0.6 is 11.8 Å². The zero-order valence-electron chi connectivity index (χ0n) is 11.4. The highest BCUT2D eigenvalue weighted by molar-refractivity contribution is 7.99. The van der Waals surface area contributed by atoms with Gasteiger partial charge in [-0.3, -0.25) is 4.79 Å². The van der Waals surface area contributed by atoms with Gasteiger partial charge in [-0.15, -0.1) is 11.8 Å². The van der Waals surface area contributed by atoms with Crippen LogP contribution in [0.3, 0.4) is 0 Å². The maximum atomic E-state index is 10.9. The van der Waals surface area contributed by atoms with Crippen LogP contribution in [0, 0.1) is 13.8 Å². The quantitative estimate of drug-likeness (QED) is 0.861. The van der Waals surface area contributed by atoms with Gasteiger partial charge in [-0.1, -0.05) is 18.2 Å². The summed E-state index contributed by atoms with van der Waals surface area (Å²) in [5.74, 6) is -0.178. The Morgan fingerprint density at radius 3 is 2.50 bits per heavy atom. The highest BCUT2D eigenvalue weighted by Crippen LogP contribution is 2.31. The van der Waals surface area contributed by atoms with Gasteiger partial charge < -0.3 is 10.8 Å². The topological polar surface area (TPSA) is 63.3 Å². The van der Waals surface area contributed by atoms with Gasteiger partial charge in [0.15, 0.2) is 0 Å². The van der Waals surface area contributed by atoms with Crippen LogP contribution in [-0.4, -0.2) is 21.9 Å². The molecule has 18 heavy (non-hydrogen) atoms. The lowest BCUT2D eigenvalue weighted by molar-refractivity contribution is -0.139. The second-order valence-corrected chi connectivity index (χ2v) is 6.76. The lowest BCUT2D eigenvalue weighted by Crippen LogP contribution is -2.46. The van der Waals surface area contributed by atoms with Crippen LogP contribution in [0.15, 0.2) is 18.2 Å². The minimum Gasteiger partial charge on any atom is -0.480 e. The highest BCUT2D eigenvalue weighted by Gasteiger charge is 2.32. The molecule has 0 spiro atoms. The number of hydrogen-bond donors (Lipinski definition) is 2. The van der Waals surface area contributed by atoms with E-state index < -0.39 is 16.8 Å². The van der Waals surface area contributed by atoms with Gasteiger partial charge in [-0.05, 0) is 44.4 Å². The molecule has 0 saturated carbocycles. The van der Waals surface area contributed by atoms with Crippen LogP contribution in [0.5, 0.6) is 0 Å². The standard InChI is InChI=1S/C14H21NO2S/c1-9-5-6-11(7-10(9)2)8-18-14(3,4)12(15)13(16)17/h5-7,12H,8,15H2,1-4H3,(H,16,17)/t12-/m0/s1. The summed E-state index contributed by atoms with van der Waals surface area (Å²) in [6.45, 7) is 7.91. The molecule has 0 fully saturated rings. The third kappa shape index (κ3) is 3.75. The molecule has 1 atom stereocenters. The number of nitrogens with two attached hydrogens (primary N) is 1. The minimum absolute atomic E-state index is 0.482. The maximum absolute atomic E-state index is 10.9. The third-order valence-corrected chi connectivity index (χ3v) is 4.67. The van der Waals surface area contributed by atoms with E-state index in [1.165, 1.54) is 16.7 Å². The second-order valence-electron chi connectivity index (χ2n) is 5.13. The number of benzene rings is 1. The van der Waals surface area contributed by atoms with Gasteiger partial charge >= 0.3 is 5.97 Å². The SMILES string of the molecule is Cc1ccc(CSC(C)(C)[C@@H](N)C(=O)O)cc1C. The van der Waals surface area contributed by atoms with Gasteiger partial charge in [0, 0.05) is 10.5 Å². The molecule has 3 nitrogen and oxygen atoms in total. The zero-order chi connectivity index (χ0) is 13.9. The summed E-state index contributed by atoms with van der Waals surface area (Å²) in [7, 11) is 0. The summed E-state index contributed by atoms with van der Waals surface area (Å²) in [6, 6.07) is 5.46. The molecule has 3 N–H and O–H groups in total. The molecule has 0 aliphatic heterocycles. The van der Waals surface area contributed by atoms with Crippen LogP contribution in [0.2, 0.25) is 0 Å². The van der Waals surface area contributed by atoms with E-state index in [0.29, 0.717) is 0 Å². The molecule has 0 unspecified atom stereocenters. The molecule has 4 heteroatoms. The van der Waals surface area contributed by atoms with E-state index in [-0.39, 0.29) is 0 Å². The molecule has 1 aromatic carbocycles. The first kappa shape index (κ1) is 15.1. The number of rotatable bonds is 5. The number of aryl methyl sites for hydroxylation is 2. The van der Waals surface area contributed by atoms with Crippen molar-refractivity contribution in [3.63, 3.8) is 0 Å². The number of hydrogen-bond acceptors (Lipinski definition) is 3. The largest absolute Gasteiger partial charge is 0.480 e. The molecule has 0 saturated heterocycles. The first-order valence-electron chi connectivity index (χ1n) is 5.92. The van der Waals surface area contributed by atoms with Crippen LogP contribution in [-0.2, 0) is 10.5 Å². The summed E-state index contributed by atoms with van der Waals surface area (Å²) in [6.07, 6.45) is 0. The Hall–Kier alpha value is -1.00. The van der Waals surface area contributed by atoms with E-state index in [1.807, 2.05) is 13.8 Å². The Morgan fingerprint density at radius 2 is 2.00 bits per heavy atom. The van der Waals surface area contributed by atoms with Crippen molar-refractivity contribution in [2.45, 2.75) is 44.2 Å². The smallest absolute Gasteiger partial charge is 0.321 e. The Kier molecular flexibility index (Phi) is 4.82. The predicted molar refractivity (Wildman–Crippen MR) is 76.9 cm³/mol. The van der Waals surface area contributed by atoms with Crippen molar-refractivity contribution in [2.24, 2.45) is 5.73 Å². The summed E-state index contributed by atoms with van der Waals surface area (Å²) in [5.41, 5.74) is 9.42. The van der Waals surface area contributed by atoms with Crippen molar-refractivity contribution in [1.82, 2.24) is 0 Å². The fourth-order valence-electron chi connectivity index (χ4n) is 1.55. The number of carboxylic acid groups (broad SMARTS) is 1. The summed E-state index contributed by atoms with van der Waals surface area (Å²) in [5, 5.41) is 8.96. The van der Waals surface area contributed by atoms with E-state index >= 15 is 0 Å². The Labute approximate surface area is 113 Å². The number of aliphatic carboxylic acids is 1. The van der Waals surface area contributed by atoms with Gasteiger partial charge in [-0.25, -0.2) is 0 Å². The van der Waals surface area contributed by atoms with Crippen LogP contribution in [0.4, 0.5) is 0 Å². The van der Waals surface area contributed by atoms with E-state index in [4.69, 9.17) is 10.8 Å². The Bertz CT molecular complexity index is 443. The molecule has 1 rings (SSSR count). The number of carbonyl (C=O) groups is 1. The fraction of sp³-hybridized carbons (Fsp3) is 0.500. The zero-order valence-corrected chi connectivity index (χ0v) is 12.2. The van der Waals surface area contributed by atoms with E-state index in [1.54, 1.807) is 11.8 Å². The molecule has 0 bridgehead atoms. The lowest BCUT2D eigenvalue weighted by Gasteiger charge is -2.28. The van der Waals surface area contributed by atoms with Crippen LogP contribution in [0.1, 0.15) is 30.5 Å². The first-order chi connectivity index (χ1) is 8.24. The molecule has 0 heterocycles. The first-order valence-corrected chi connectivity index (χ1v) is 6.91. The fourth-order valence-corrected chi connectivity index (χ4v) is 2.55. The van der Waals surface area contributed by atoms with E-state index in [2.05, 4.69) is 32.0 Å². The lowest BCUT2D eigenvalue weighted by atomic mass is 10.1. The van der Waals surface area contributed by atoms with Crippen molar-refractivity contribution in [3.05, 3.63) is 34.9 Å². The van der Waals surface area contributed by atoms with Crippen LogP contribution < -0.4 is 5.73 Å². The van der Waals surface area contributed by atoms with Gasteiger partial charge in [-0.2, -0.15) is 0 Å². The van der Waals surface area contributed by atoms with Crippen molar-refractivity contribution in [1.29, 1.82) is 0 Å². The second kappa shape index (κ2) is 5.76. The van der Waals surface area contributed by atoms with Gasteiger partial charge in [0.2, 0.25) is 0 Å². The average molecular weight is 267 g/mol. The molecule has 100 valence electrons. The van der Waals surface area contributed by atoms with Gasteiger partial charge in [0.1, 0.15) is 6.04 Å². The Morgan fingerprint density at radius 1 is 1.39 bits per heavy atom. The minimum atomic E-state index is -0.951. The molecular formula is C14H21NO2S. The van der Waals surface area contributed by atoms with Crippen LogP contribution in [0.25, 0.3) is 0 Å². The van der Waals surface area contributed by atoms with E-state index in [9.17, 15) is 4.79 Å². The molecule has 0 radical (unpaired) electrons. The average Bonchev–Trinajstić information content (AvgIpc) is 2.29. The van der Waals surface area contributed by atoms with Gasteiger partial charge in [0.05, 0.1) is 0 Å².